The van der Waals surface area contributed by atoms with E-state index in [1.165, 1.54) is 6.07 Å². The van der Waals surface area contributed by atoms with Crippen molar-refractivity contribution in [3.63, 3.8) is 0 Å². The van der Waals surface area contributed by atoms with Crippen molar-refractivity contribution < 1.29 is 10.0 Å². The van der Waals surface area contributed by atoms with E-state index in [1.807, 2.05) is 12.1 Å². The first-order chi connectivity index (χ1) is 9.06. The smallest absolute Gasteiger partial charge is 0.292 e. The molecule has 0 bridgehead atoms. The molecule has 0 saturated carbocycles. The second kappa shape index (κ2) is 5.62. The summed E-state index contributed by atoms with van der Waals surface area (Å²) >= 11 is 1.57. The zero-order valence-corrected chi connectivity index (χ0v) is 10.8. The number of phenolic OH excluding ortho intramolecular Hbond substituents is 1. The van der Waals surface area contributed by atoms with Crippen molar-refractivity contribution in [2.45, 2.75) is 10.6 Å². The van der Waals surface area contributed by atoms with Crippen LogP contribution in [0.15, 0.2) is 47.4 Å². The van der Waals surface area contributed by atoms with Gasteiger partial charge in [-0.1, -0.05) is 6.07 Å². The third-order valence-electron chi connectivity index (χ3n) is 2.53. The first-order valence-corrected chi connectivity index (χ1v) is 6.49. The summed E-state index contributed by atoms with van der Waals surface area (Å²) in [6.07, 6.45) is 0. The zero-order chi connectivity index (χ0) is 13.8. The van der Waals surface area contributed by atoms with Gasteiger partial charge in [-0.05, 0) is 35.9 Å². The molecule has 2 aromatic rings. The molecule has 0 spiro atoms. The number of anilines is 1. The fraction of sp³-hybridized carbons (Fsp3) is 0.0769. The lowest BCUT2D eigenvalue weighted by Crippen LogP contribution is -1.96. The highest BCUT2D eigenvalue weighted by molar-refractivity contribution is 7.98. The van der Waals surface area contributed by atoms with E-state index < -0.39 is 4.92 Å². The summed E-state index contributed by atoms with van der Waals surface area (Å²) in [5.74, 6) is 0.886. The molecule has 98 valence electrons. The Kier molecular flexibility index (Phi) is 3.91. The summed E-state index contributed by atoms with van der Waals surface area (Å²) in [6.45, 7) is 0. The van der Waals surface area contributed by atoms with Crippen molar-refractivity contribution in [1.29, 1.82) is 0 Å². The van der Waals surface area contributed by atoms with Crippen LogP contribution < -0.4 is 5.73 Å². The molecule has 0 radical (unpaired) electrons. The van der Waals surface area contributed by atoms with Gasteiger partial charge in [-0.25, -0.2) is 0 Å². The van der Waals surface area contributed by atoms with Crippen LogP contribution in [0.25, 0.3) is 0 Å². The number of nitro benzene ring substituents is 1. The first-order valence-electron chi connectivity index (χ1n) is 5.51. The highest BCUT2D eigenvalue weighted by Crippen LogP contribution is 2.28. The SMILES string of the molecule is Nc1cc(CSc2ccc(O)cc2)ccc1[N+](=O)[O-]. The standard InChI is InChI=1S/C13H12N2O3S/c14-12-7-9(1-6-13(12)15(17)18)8-19-11-4-2-10(16)3-5-11/h1-7,16H,8,14H2. The maximum Gasteiger partial charge on any atom is 0.292 e. The number of nitrogen functional groups attached to an aromatic ring is 1. The van der Waals surface area contributed by atoms with Crippen molar-refractivity contribution in [1.82, 2.24) is 0 Å². The van der Waals surface area contributed by atoms with Crippen LogP contribution in [-0.2, 0) is 5.75 Å². The van der Waals surface area contributed by atoms with Gasteiger partial charge in [0.2, 0.25) is 0 Å². The number of phenols is 1. The van der Waals surface area contributed by atoms with E-state index in [0.717, 1.165) is 10.5 Å². The molecule has 0 aromatic heterocycles. The fourth-order valence-electron chi connectivity index (χ4n) is 1.57. The van der Waals surface area contributed by atoms with Gasteiger partial charge in [0, 0.05) is 16.7 Å². The number of hydrogen-bond donors (Lipinski definition) is 2. The minimum absolute atomic E-state index is 0.0709. The van der Waals surface area contributed by atoms with Gasteiger partial charge in [-0.15, -0.1) is 11.8 Å². The molecule has 0 fully saturated rings. The molecular weight excluding hydrogens is 264 g/mol. The van der Waals surface area contributed by atoms with E-state index in [-0.39, 0.29) is 17.1 Å². The molecule has 0 aliphatic carbocycles. The summed E-state index contributed by atoms with van der Waals surface area (Å²) < 4.78 is 0. The van der Waals surface area contributed by atoms with E-state index in [0.29, 0.717) is 5.75 Å². The molecule has 0 unspecified atom stereocenters. The zero-order valence-electron chi connectivity index (χ0n) is 9.95. The summed E-state index contributed by atoms with van der Waals surface area (Å²) in [4.78, 5) is 11.2. The van der Waals surface area contributed by atoms with Crippen molar-refractivity contribution in [3.05, 3.63) is 58.1 Å². The highest BCUT2D eigenvalue weighted by atomic mass is 32.2. The topological polar surface area (TPSA) is 89.4 Å². The number of benzene rings is 2. The van der Waals surface area contributed by atoms with Crippen LogP contribution in [-0.4, -0.2) is 10.0 Å². The molecule has 5 nitrogen and oxygen atoms in total. The maximum absolute atomic E-state index is 10.6. The molecular formula is C13H12N2O3S. The third kappa shape index (κ3) is 3.38. The highest BCUT2D eigenvalue weighted by Gasteiger charge is 2.10. The second-order valence-electron chi connectivity index (χ2n) is 3.93. The van der Waals surface area contributed by atoms with Crippen molar-refractivity contribution in [2.75, 3.05) is 5.73 Å². The van der Waals surface area contributed by atoms with Crippen molar-refractivity contribution >= 4 is 23.1 Å². The van der Waals surface area contributed by atoms with Crippen molar-refractivity contribution in [2.24, 2.45) is 0 Å². The molecule has 0 atom stereocenters. The van der Waals surface area contributed by atoms with Crippen LogP contribution in [0.3, 0.4) is 0 Å². The number of aromatic hydroxyl groups is 1. The molecule has 0 saturated heterocycles. The van der Waals surface area contributed by atoms with Gasteiger partial charge in [0.05, 0.1) is 4.92 Å². The minimum Gasteiger partial charge on any atom is -0.508 e. The molecule has 0 amide bonds. The van der Waals surface area contributed by atoms with Gasteiger partial charge < -0.3 is 10.8 Å². The van der Waals surface area contributed by atoms with E-state index in [1.54, 1.807) is 36.0 Å². The quantitative estimate of drug-likeness (QED) is 0.387. The van der Waals surface area contributed by atoms with E-state index in [4.69, 9.17) is 5.73 Å². The Hall–Kier alpha value is -2.21. The third-order valence-corrected chi connectivity index (χ3v) is 3.61. The Bertz CT molecular complexity index is 599. The molecule has 6 heteroatoms. The van der Waals surface area contributed by atoms with Crippen LogP contribution in [0.2, 0.25) is 0 Å². The van der Waals surface area contributed by atoms with Crippen LogP contribution in [0.4, 0.5) is 11.4 Å². The van der Waals surface area contributed by atoms with Gasteiger partial charge in [0.25, 0.3) is 5.69 Å². The Labute approximate surface area is 114 Å². The van der Waals surface area contributed by atoms with E-state index in [9.17, 15) is 15.2 Å². The summed E-state index contributed by atoms with van der Waals surface area (Å²) in [6, 6.07) is 11.6. The molecule has 0 aliphatic heterocycles. The Morgan fingerprint density at radius 2 is 1.89 bits per heavy atom. The van der Waals surface area contributed by atoms with Crippen molar-refractivity contribution in [3.8, 4) is 5.75 Å². The molecule has 0 heterocycles. The van der Waals surface area contributed by atoms with Gasteiger partial charge in [0.15, 0.2) is 0 Å². The predicted octanol–water partition coefficient (Wildman–Crippen LogP) is 3.17. The maximum atomic E-state index is 10.6. The lowest BCUT2D eigenvalue weighted by atomic mass is 10.2. The van der Waals surface area contributed by atoms with Crippen LogP contribution in [0.1, 0.15) is 5.56 Å². The first kappa shape index (κ1) is 13.2. The lowest BCUT2D eigenvalue weighted by Gasteiger charge is -2.04. The fourth-order valence-corrected chi connectivity index (χ4v) is 2.41. The Morgan fingerprint density at radius 3 is 2.47 bits per heavy atom. The average molecular weight is 276 g/mol. The number of nitro groups is 1. The number of nitrogens with zero attached hydrogens (tertiary/aromatic N) is 1. The Balaban J connectivity index is 2.06. The summed E-state index contributed by atoms with van der Waals surface area (Å²) in [7, 11) is 0. The van der Waals surface area contributed by atoms with E-state index in [2.05, 4.69) is 0 Å². The molecule has 3 N–H and O–H groups in total. The van der Waals surface area contributed by atoms with Crippen LogP contribution in [0, 0.1) is 10.1 Å². The number of thioether (sulfide) groups is 1. The molecule has 2 aromatic carbocycles. The minimum atomic E-state index is -0.494. The van der Waals surface area contributed by atoms with Crippen LogP contribution in [0.5, 0.6) is 5.75 Å². The lowest BCUT2D eigenvalue weighted by molar-refractivity contribution is -0.383. The van der Waals surface area contributed by atoms with Gasteiger partial charge >= 0.3 is 0 Å². The van der Waals surface area contributed by atoms with E-state index >= 15 is 0 Å². The predicted molar refractivity (Wildman–Crippen MR) is 75.2 cm³/mol. The van der Waals surface area contributed by atoms with Gasteiger partial charge in [-0.3, -0.25) is 10.1 Å². The van der Waals surface area contributed by atoms with Gasteiger partial charge in [-0.2, -0.15) is 0 Å². The summed E-state index contributed by atoms with van der Waals surface area (Å²) in [5.41, 5.74) is 6.65. The Morgan fingerprint density at radius 1 is 1.21 bits per heavy atom. The largest absolute Gasteiger partial charge is 0.508 e. The number of rotatable bonds is 4. The average Bonchev–Trinajstić information content (AvgIpc) is 2.37. The molecule has 0 aliphatic rings. The second-order valence-corrected chi connectivity index (χ2v) is 4.98. The normalized spacial score (nSPS) is 10.3. The number of hydrogen-bond acceptors (Lipinski definition) is 5. The molecule has 2 rings (SSSR count). The monoisotopic (exact) mass is 276 g/mol. The van der Waals surface area contributed by atoms with Gasteiger partial charge in [0.1, 0.15) is 11.4 Å². The van der Waals surface area contributed by atoms with Crippen LogP contribution >= 0.6 is 11.8 Å². The number of nitrogens with two attached hydrogens (primary N) is 1. The summed E-state index contributed by atoms with van der Waals surface area (Å²) in [5, 5.41) is 19.8. The molecule has 19 heavy (non-hydrogen) atoms.